The maximum atomic E-state index is 13.8. The fourth-order valence-electron chi connectivity index (χ4n) is 4.89. The number of fused-ring (bicyclic) bond motifs is 2. The van der Waals surface area contributed by atoms with Gasteiger partial charge in [-0.1, -0.05) is 23.8 Å². The van der Waals surface area contributed by atoms with Crippen molar-refractivity contribution >= 4 is 16.9 Å². The van der Waals surface area contributed by atoms with Crippen molar-refractivity contribution in [3.63, 3.8) is 0 Å². The second-order valence-corrected chi connectivity index (χ2v) is 8.61. The highest BCUT2D eigenvalue weighted by atomic mass is 16.5. The number of morpholine rings is 1. The van der Waals surface area contributed by atoms with Gasteiger partial charge in [-0.05, 0) is 25.1 Å². The molecule has 8 heteroatoms. The van der Waals surface area contributed by atoms with Crippen molar-refractivity contribution in [2.45, 2.75) is 13.0 Å². The van der Waals surface area contributed by atoms with E-state index in [0.29, 0.717) is 59.9 Å². The molecule has 34 heavy (non-hydrogen) atoms. The summed E-state index contributed by atoms with van der Waals surface area (Å²) < 4.78 is 22.7. The van der Waals surface area contributed by atoms with Crippen LogP contribution >= 0.6 is 0 Å². The van der Waals surface area contributed by atoms with Gasteiger partial charge >= 0.3 is 0 Å². The van der Waals surface area contributed by atoms with Gasteiger partial charge in [0.05, 0.1) is 44.4 Å². The molecule has 5 rings (SSSR count). The molecule has 1 unspecified atom stereocenters. The first kappa shape index (κ1) is 22.4. The number of carbonyl (C=O) groups is 1. The first-order chi connectivity index (χ1) is 16.5. The number of amides is 1. The van der Waals surface area contributed by atoms with Crippen LogP contribution in [-0.2, 0) is 4.74 Å². The van der Waals surface area contributed by atoms with Crippen molar-refractivity contribution in [3.8, 4) is 11.5 Å². The van der Waals surface area contributed by atoms with Crippen molar-refractivity contribution in [3.05, 3.63) is 69.1 Å². The molecule has 1 fully saturated rings. The zero-order valence-electron chi connectivity index (χ0n) is 19.6. The Bertz CT molecular complexity index is 1290. The molecule has 1 saturated heterocycles. The molecule has 1 amide bonds. The third-order valence-electron chi connectivity index (χ3n) is 6.61. The van der Waals surface area contributed by atoms with Crippen LogP contribution in [0, 0.1) is 6.92 Å². The Morgan fingerprint density at radius 2 is 1.82 bits per heavy atom. The second-order valence-electron chi connectivity index (χ2n) is 8.61. The topological polar surface area (TPSA) is 81.5 Å². The summed E-state index contributed by atoms with van der Waals surface area (Å²) in [6.45, 7) is 5.99. The summed E-state index contributed by atoms with van der Waals surface area (Å²) in [6, 6.07) is 10.3. The molecule has 2 aromatic carbocycles. The largest absolute Gasteiger partial charge is 0.493 e. The maximum absolute atomic E-state index is 13.8. The molecule has 0 N–H and O–H groups in total. The fraction of sp³-hybridized carbons (Fsp3) is 0.385. The number of hydrogen-bond acceptors (Lipinski definition) is 7. The van der Waals surface area contributed by atoms with Crippen LogP contribution < -0.4 is 14.9 Å². The van der Waals surface area contributed by atoms with Gasteiger partial charge in [0.15, 0.2) is 16.9 Å². The lowest BCUT2D eigenvalue weighted by Gasteiger charge is -2.31. The SMILES string of the molecule is COc1cccc(C2c3c(oc4ccc(C)cc4c3=O)C(=O)N2CCN2CCOCC2)c1OC. The van der Waals surface area contributed by atoms with Crippen LogP contribution in [0.2, 0.25) is 0 Å². The molecule has 2 aliphatic heterocycles. The number of ether oxygens (including phenoxy) is 3. The van der Waals surface area contributed by atoms with Gasteiger partial charge in [-0.3, -0.25) is 14.5 Å². The number of rotatable bonds is 6. The highest BCUT2D eigenvalue weighted by Crippen LogP contribution is 2.44. The Labute approximate surface area is 197 Å². The summed E-state index contributed by atoms with van der Waals surface area (Å²) in [7, 11) is 3.12. The van der Waals surface area contributed by atoms with Crippen LogP contribution in [0.1, 0.15) is 33.3 Å². The lowest BCUT2D eigenvalue weighted by molar-refractivity contribution is 0.0314. The van der Waals surface area contributed by atoms with Crippen molar-refractivity contribution < 1.29 is 23.4 Å². The van der Waals surface area contributed by atoms with E-state index in [0.717, 1.165) is 18.7 Å². The number of carbonyl (C=O) groups excluding carboxylic acids is 1. The summed E-state index contributed by atoms with van der Waals surface area (Å²) in [5.74, 6) is 0.835. The molecular formula is C26H28N2O6. The van der Waals surface area contributed by atoms with Crippen LogP contribution in [0.4, 0.5) is 0 Å². The van der Waals surface area contributed by atoms with Crippen molar-refractivity contribution in [2.24, 2.45) is 0 Å². The lowest BCUT2D eigenvalue weighted by atomic mass is 9.97. The maximum Gasteiger partial charge on any atom is 0.290 e. The van der Waals surface area contributed by atoms with E-state index in [4.69, 9.17) is 18.6 Å². The third kappa shape index (κ3) is 3.73. The van der Waals surface area contributed by atoms with Gasteiger partial charge in [0, 0.05) is 31.7 Å². The van der Waals surface area contributed by atoms with Gasteiger partial charge in [-0.15, -0.1) is 0 Å². The average Bonchev–Trinajstić information content (AvgIpc) is 3.14. The normalized spacial score (nSPS) is 18.4. The Morgan fingerprint density at radius 3 is 2.56 bits per heavy atom. The number of hydrogen-bond donors (Lipinski definition) is 0. The predicted molar refractivity (Wildman–Crippen MR) is 127 cm³/mol. The van der Waals surface area contributed by atoms with Crippen LogP contribution in [0.3, 0.4) is 0 Å². The monoisotopic (exact) mass is 464 g/mol. The lowest BCUT2D eigenvalue weighted by Crippen LogP contribution is -2.42. The Balaban J connectivity index is 1.67. The molecule has 2 aliphatic rings. The van der Waals surface area contributed by atoms with Gasteiger partial charge in [-0.25, -0.2) is 0 Å². The second kappa shape index (κ2) is 9.12. The molecule has 178 valence electrons. The van der Waals surface area contributed by atoms with Crippen LogP contribution in [0.5, 0.6) is 11.5 Å². The molecule has 1 aromatic heterocycles. The molecule has 1 atom stereocenters. The van der Waals surface area contributed by atoms with Gasteiger partial charge in [0.1, 0.15) is 5.58 Å². The van der Waals surface area contributed by atoms with Crippen LogP contribution in [-0.4, -0.2) is 69.3 Å². The van der Waals surface area contributed by atoms with Gasteiger partial charge < -0.3 is 23.5 Å². The van der Waals surface area contributed by atoms with E-state index < -0.39 is 6.04 Å². The van der Waals surface area contributed by atoms with Gasteiger partial charge in [0.25, 0.3) is 5.91 Å². The van der Waals surface area contributed by atoms with E-state index in [-0.39, 0.29) is 17.1 Å². The molecule has 0 aliphatic carbocycles. The number of methoxy groups -OCH3 is 2. The number of nitrogens with zero attached hydrogens (tertiary/aromatic N) is 2. The van der Waals surface area contributed by atoms with Gasteiger partial charge in [0.2, 0.25) is 5.76 Å². The number of aryl methyl sites for hydroxylation is 1. The molecule has 0 radical (unpaired) electrons. The zero-order chi connectivity index (χ0) is 23.8. The smallest absolute Gasteiger partial charge is 0.290 e. The molecule has 3 heterocycles. The molecular weight excluding hydrogens is 436 g/mol. The van der Waals surface area contributed by atoms with Crippen molar-refractivity contribution in [2.75, 3.05) is 53.6 Å². The third-order valence-corrected chi connectivity index (χ3v) is 6.61. The number of benzene rings is 2. The average molecular weight is 465 g/mol. The summed E-state index contributed by atoms with van der Waals surface area (Å²) in [6.07, 6.45) is 0. The quantitative estimate of drug-likeness (QED) is 0.555. The minimum Gasteiger partial charge on any atom is -0.493 e. The number of para-hydroxylation sites is 1. The summed E-state index contributed by atoms with van der Waals surface area (Å²) >= 11 is 0. The van der Waals surface area contributed by atoms with Crippen molar-refractivity contribution in [1.29, 1.82) is 0 Å². The molecule has 8 nitrogen and oxygen atoms in total. The minimum atomic E-state index is -0.644. The zero-order valence-corrected chi connectivity index (χ0v) is 19.6. The van der Waals surface area contributed by atoms with E-state index in [1.807, 2.05) is 31.2 Å². The first-order valence-corrected chi connectivity index (χ1v) is 11.4. The molecule has 0 saturated carbocycles. The van der Waals surface area contributed by atoms with Crippen LogP contribution in [0.25, 0.3) is 11.0 Å². The van der Waals surface area contributed by atoms with E-state index in [1.165, 1.54) is 0 Å². The minimum absolute atomic E-state index is 0.0956. The molecule has 0 spiro atoms. The van der Waals surface area contributed by atoms with Crippen molar-refractivity contribution in [1.82, 2.24) is 9.80 Å². The van der Waals surface area contributed by atoms with E-state index in [1.54, 1.807) is 31.3 Å². The highest BCUT2D eigenvalue weighted by Gasteiger charge is 2.44. The van der Waals surface area contributed by atoms with E-state index in [2.05, 4.69) is 4.90 Å². The van der Waals surface area contributed by atoms with Gasteiger partial charge in [-0.2, -0.15) is 0 Å². The molecule has 3 aromatic rings. The van der Waals surface area contributed by atoms with E-state index >= 15 is 0 Å². The summed E-state index contributed by atoms with van der Waals surface area (Å²) in [5.41, 5.74) is 2.20. The standard InChI is InChI=1S/C26H28N2O6/c1-16-7-8-19-18(15-16)23(29)21-22(17-5-4-6-20(31-2)24(17)32-3)28(26(30)25(21)34-19)10-9-27-11-13-33-14-12-27/h4-8,15,22H,9-14H2,1-3H3. The summed E-state index contributed by atoms with van der Waals surface area (Å²) in [4.78, 5) is 31.4. The Morgan fingerprint density at radius 1 is 1.03 bits per heavy atom. The van der Waals surface area contributed by atoms with E-state index in [9.17, 15) is 9.59 Å². The predicted octanol–water partition coefficient (Wildman–Crippen LogP) is 3.00. The Kier molecular flexibility index (Phi) is 6.02. The fourth-order valence-corrected chi connectivity index (χ4v) is 4.89. The van der Waals surface area contributed by atoms with Crippen LogP contribution in [0.15, 0.2) is 45.6 Å². The first-order valence-electron chi connectivity index (χ1n) is 11.4. The Hall–Kier alpha value is -3.36. The molecule has 0 bridgehead atoms. The highest BCUT2D eigenvalue weighted by molar-refractivity contribution is 5.99. The summed E-state index contributed by atoms with van der Waals surface area (Å²) in [5, 5.41) is 0.466.